The lowest BCUT2D eigenvalue weighted by Gasteiger charge is -2.33. The monoisotopic (exact) mass is 341 g/mol. The predicted molar refractivity (Wildman–Crippen MR) is 82.5 cm³/mol. The summed E-state index contributed by atoms with van der Waals surface area (Å²) in [6, 6.07) is 2.58. The highest BCUT2D eigenvalue weighted by atomic mass is 35.5. The first-order chi connectivity index (χ1) is 10.4. The van der Waals surface area contributed by atoms with E-state index in [0.29, 0.717) is 28.0 Å². The van der Waals surface area contributed by atoms with Gasteiger partial charge in [0.1, 0.15) is 5.54 Å². The minimum absolute atomic E-state index is 0.351. The van der Waals surface area contributed by atoms with Gasteiger partial charge in [-0.1, -0.05) is 18.5 Å². The lowest BCUT2D eigenvalue weighted by atomic mass is 9.77. The second kappa shape index (κ2) is 5.55. The largest absolute Gasteiger partial charge is 0.344 e. The van der Waals surface area contributed by atoms with E-state index >= 15 is 0 Å². The Balaban J connectivity index is 1.73. The average Bonchev–Trinajstić information content (AvgIpc) is 3.00. The molecule has 1 aliphatic carbocycles. The molecule has 0 bridgehead atoms. The molecular weight excluding hydrogens is 326 g/mol. The zero-order chi connectivity index (χ0) is 15.9. The van der Waals surface area contributed by atoms with Crippen molar-refractivity contribution < 1.29 is 14.4 Å². The number of rotatable bonds is 2. The molecule has 1 saturated carbocycles. The number of halogens is 1. The van der Waals surface area contributed by atoms with E-state index < -0.39 is 17.5 Å². The van der Waals surface area contributed by atoms with Gasteiger partial charge in [-0.3, -0.25) is 15.0 Å². The van der Waals surface area contributed by atoms with E-state index in [4.69, 9.17) is 11.6 Å². The maximum Gasteiger partial charge on any atom is 0.344 e. The summed E-state index contributed by atoms with van der Waals surface area (Å²) in [5, 5.41) is 3.55. The summed E-state index contributed by atoms with van der Waals surface area (Å²) in [5.74, 6) is -0.339. The van der Waals surface area contributed by atoms with Crippen molar-refractivity contribution in [3.05, 3.63) is 21.3 Å². The van der Waals surface area contributed by atoms with Gasteiger partial charge in [-0.2, -0.15) is 5.01 Å². The van der Waals surface area contributed by atoms with Crippen LogP contribution in [0, 0.1) is 5.92 Å². The Morgan fingerprint density at radius 3 is 2.68 bits per heavy atom. The van der Waals surface area contributed by atoms with E-state index in [1.165, 1.54) is 0 Å². The Hall–Kier alpha value is -1.60. The predicted octanol–water partition coefficient (Wildman–Crippen LogP) is 2.55. The average molecular weight is 342 g/mol. The fourth-order valence-electron chi connectivity index (χ4n) is 2.91. The van der Waals surface area contributed by atoms with Gasteiger partial charge in [0, 0.05) is 0 Å². The number of hydrogen-bond donors (Lipinski definition) is 2. The molecule has 2 aliphatic rings. The quantitative estimate of drug-likeness (QED) is 0.811. The smallest absolute Gasteiger partial charge is 0.322 e. The van der Waals surface area contributed by atoms with Crippen LogP contribution in [0.15, 0.2) is 12.1 Å². The highest BCUT2D eigenvalue weighted by molar-refractivity contribution is 7.18. The van der Waals surface area contributed by atoms with Crippen molar-refractivity contribution in [1.29, 1.82) is 0 Å². The maximum absolute atomic E-state index is 12.6. The van der Waals surface area contributed by atoms with Gasteiger partial charge in [0.2, 0.25) is 0 Å². The van der Waals surface area contributed by atoms with Crippen LogP contribution in [0.4, 0.5) is 4.79 Å². The number of carbonyl (C=O) groups is 3. The number of amides is 4. The second-order valence-electron chi connectivity index (χ2n) is 5.88. The number of carbonyl (C=O) groups excluding carboxylic acids is 3. The van der Waals surface area contributed by atoms with Gasteiger partial charge in [-0.05, 0) is 43.7 Å². The topological polar surface area (TPSA) is 78.5 Å². The molecule has 1 spiro atoms. The first-order valence-corrected chi connectivity index (χ1v) is 8.34. The molecule has 3 rings (SSSR count). The van der Waals surface area contributed by atoms with Crippen molar-refractivity contribution in [2.45, 2.75) is 38.1 Å². The Morgan fingerprint density at radius 1 is 1.41 bits per heavy atom. The molecule has 1 aromatic rings. The normalized spacial score (nSPS) is 28.1. The molecule has 0 unspecified atom stereocenters. The van der Waals surface area contributed by atoms with Crippen molar-refractivity contribution in [2.24, 2.45) is 5.92 Å². The van der Waals surface area contributed by atoms with E-state index in [9.17, 15) is 14.4 Å². The molecule has 22 heavy (non-hydrogen) atoms. The molecule has 6 nitrogen and oxygen atoms in total. The van der Waals surface area contributed by atoms with Gasteiger partial charge >= 0.3 is 6.03 Å². The van der Waals surface area contributed by atoms with Crippen LogP contribution in [0.25, 0.3) is 0 Å². The highest BCUT2D eigenvalue weighted by Crippen LogP contribution is 2.35. The third-order valence-electron chi connectivity index (χ3n) is 4.30. The van der Waals surface area contributed by atoms with E-state index in [0.717, 1.165) is 29.2 Å². The Kier molecular flexibility index (Phi) is 3.86. The van der Waals surface area contributed by atoms with Crippen LogP contribution in [0.2, 0.25) is 4.34 Å². The number of nitrogens with one attached hydrogen (secondary N) is 2. The number of hydrogen-bond acceptors (Lipinski definition) is 4. The summed E-state index contributed by atoms with van der Waals surface area (Å²) in [5.41, 5.74) is 1.52. The number of urea groups is 1. The van der Waals surface area contributed by atoms with E-state index in [2.05, 4.69) is 17.7 Å². The number of nitrogens with zero attached hydrogens (tertiary/aromatic N) is 1. The van der Waals surface area contributed by atoms with Crippen LogP contribution in [-0.4, -0.2) is 28.4 Å². The first kappa shape index (κ1) is 15.3. The van der Waals surface area contributed by atoms with Gasteiger partial charge in [0.15, 0.2) is 0 Å². The van der Waals surface area contributed by atoms with Gasteiger partial charge < -0.3 is 5.32 Å². The molecule has 0 aromatic carbocycles. The molecule has 0 radical (unpaired) electrons. The fraction of sp³-hybridized carbons (Fsp3) is 0.500. The zero-order valence-electron chi connectivity index (χ0n) is 12.0. The van der Waals surface area contributed by atoms with Gasteiger partial charge in [0.25, 0.3) is 11.8 Å². The lowest BCUT2D eigenvalue weighted by molar-refractivity contribution is -0.134. The molecule has 2 fully saturated rings. The van der Waals surface area contributed by atoms with Gasteiger partial charge in [-0.25, -0.2) is 4.79 Å². The molecule has 2 heterocycles. The minimum Gasteiger partial charge on any atom is -0.322 e. The van der Waals surface area contributed by atoms with E-state index in [1.54, 1.807) is 12.1 Å². The minimum atomic E-state index is -0.857. The first-order valence-electron chi connectivity index (χ1n) is 7.14. The molecule has 1 aliphatic heterocycles. The standard InChI is InChI=1S/C14H16ClN3O3S/c1-8-4-6-14(7-5-8)12(20)18(13(21)16-14)17-11(19)9-2-3-10(15)22-9/h2-3,8H,4-7H2,1H3,(H,16,21)(H,17,19). The Morgan fingerprint density at radius 2 is 2.09 bits per heavy atom. The van der Waals surface area contributed by atoms with E-state index in [1.807, 2.05) is 0 Å². The molecule has 118 valence electrons. The van der Waals surface area contributed by atoms with Crippen LogP contribution in [0.1, 0.15) is 42.3 Å². The molecule has 1 aromatic heterocycles. The van der Waals surface area contributed by atoms with Crippen LogP contribution in [-0.2, 0) is 4.79 Å². The number of thiophene rings is 1. The van der Waals surface area contributed by atoms with Crippen molar-refractivity contribution in [2.75, 3.05) is 0 Å². The summed E-state index contributed by atoms with van der Waals surface area (Å²) in [6.07, 6.45) is 2.98. The lowest BCUT2D eigenvalue weighted by Crippen LogP contribution is -2.51. The molecule has 8 heteroatoms. The fourth-order valence-corrected chi connectivity index (χ4v) is 3.84. The summed E-state index contributed by atoms with van der Waals surface area (Å²) in [7, 11) is 0. The molecule has 0 atom stereocenters. The Bertz CT molecular complexity index is 637. The molecule has 4 amide bonds. The highest BCUT2D eigenvalue weighted by Gasteiger charge is 2.52. The zero-order valence-corrected chi connectivity index (χ0v) is 13.6. The molecular formula is C14H16ClN3O3S. The van der Waals surface area contributed by atoms with Crippen molar-refractivity contribution >= 4 is 40.8 Å². The molecule has 2 N–H and O–H groups in total. The van der Waals surface area contributed by atoms with Crippen molar-refractivity contribution in [3.8, 4) is 0 Å². The second-order valence-corrected chi connectivity index (χ2v) is 7.60. The summed E-state index contributed by atoms with van der Waals surface area (Å²) >= 11 is 6.88. The van der Waals surface area contributed by atoms with Gasteiger partial charge in [-0.15, -0.1) is 11.3 Å². The van der Waals surface area contributed by atoms with Crippen molar-refractivity contribution in [3.63, 3.8) is 0 Å². The maximum atomic E-state index is 12.6. The van der Waals surface area contributed by atoms with Crippen molar-refractivity contribution in [1.82, 2.24) is 15.8 Å². The van der Waals surface area contributed by atoms with Gasteiger partial charge in [0.05, 0.1) is 9.21 Å². The third-order valence-corrected chi connectivity index (χ3v) is 5.53. The summed E-state index contributed by atoms with van der Waals surface area (Å²) < 4.78 is 0.472. The Labute approximate surface area is 136 Å². The summed E-state index contributed by atoms with van der Waals surface area (Å²) in [4.78, 5) is 37.1. The van der Waals surface area contributed by atoms with Crippen LogP contribution >= 0.6 is 22.9 Å². The van der Waals surface area contributed by atoms with Crippen LogP contribution < -0.4 is 10.7 Å². The van der Waals surface area contributed by atoms with E-state index in [-0.39, 0.29) is 5.91 Å². The van der Waals surface area contributed by atoms with Crippen LogP contribution in [0.5, 0.6) is 0 Å². The number of hydrazine groups is 1. The number of imide groups is 1. The summed E-state index contributed by atoms with van der Waals surface area (Å²) in [6.45, 7) is 2.13. The molecule has 1 saturated heterocycles. The third kappa shape index (κ3) is 2.59. The SMILES string of the molecule is CC1CCC2(CC1)NC(=O)N(NC(=O)c1ccc(Cl)s1)C2=O. The van der Waals surface area contributed by atoms with Crippen LogP contribution in [0.3, 0.4) is 0 Å².